The van der Waals surface area contributed by atoms with E-state index in [-0.39, 0.29) is 32.0 Å². The van der Waals surface area contributed by atoms with E-state index in [2.05, 4.69) is 6.92 Å². The van der Waals surface area contributed by atoms with E-state index in [1.807, 2.05) is 0 Å². The summed E-state index contributed by atoms with van der Waals surface area (Å²) in [6, 6.07) is 0. The molecule has 9 heteroatoms. The first-order valence-corrected chi connectivity index (χ1v) is 9.78. The van der Waals surface area contributed by atoms with Crippen LogP contribution in [0.1, 0.15) is 45.4 Å². The number of carboxylic acid groups (broad SMARTS) is 1. The maximum atomic E-state index is 11.1. The third-order valence-electron chi connectivity index (χ3n) is 3.19. The van der Waals surface area contributed by atoms with Crippen LogP contribution in [0.5, 0.6) is 0 Å². The standard InChI is InChI=1S/C11H20O6.C8H18O3/c1-15-6-7-16-8-9-17-11(14)5-3-2-4-10(12)13;1-2-3-5-10-7-8-11-6-4-9/h2-9H2,1H3,(H,12,13);9H,2-8H2,1H3. The minimum absolute atomic E-state index is 0.0907. The molecule has 0 saturated carbocycles. The molecule has 2 N–H and O–H groups in total. The van der Waals surface area contributed by atoms with Crippen molar-refractivity contribution < 1.29 is 43.5 Å². The number of carbonyl (C=O) groups excluding carboxylic acids is 1. The Hall–Kier alpha value is -1.26. The lowest BCUT2D eigenvalue weighted by Gasteiger charge is -2.05. The summed E-state index contributed by atoms with van der Waals surface area (Å²) in [5.41, 5.74) is 0. The fourth-order valence-electron chi connectivity index (χ4n) is 1.71. The van der Waals surface area contributed by atoms with Crippen molar-refractivity contribution >= 4 is 11.9 Å². The van der Waals surface area contributed by atoms with Crippen molar-refractivity contribution in [2.45, 2.75) is 45.4 Å². The molecule has 0 amide bonds. The molecule has 0 bridgehead atoms. The van der Waals surface area contributed by atoms with E-state index >= 15 is 0 Å². The SMILES string of the molecule is CCCCOCCOCCO.COCCOCCOC(=O)CCCCC(=O)O. The van der Waals surface area contributed by atoms with Gasteiger partial charge < -0.3 is 33.9 Å². The number of unbranched alkanes of at least 4 members (excludes halogenated alkanes) is 2. The van der Waals surface area contributed by atoms with Crippen molar-refractivity contribution in [1.29, 1.82) is 0 Å². The second-order valence-corrected chi connectivity index (χ2v) is 5.73. The van der Waals surface area contributed by atoms with Crippen LogP contribution in [0.4, 0.5) is 0 Å². The van der Waals surface area contributed by atoms with Gasteiger partial charge in [-0.3, -0.25) is 9.59 Å². The molecule has 28 heavy (non-hydrogen) atoms. The lowest BCUT2D eigenvalue weighted by atomic mass is 10.2. The molecule has 0 unspecified atom stereocenters. The van der Waals surface area contributed by atoms with Crippen LogP contribution in [-0.2, 0) is 33.3 Å². The number of esters is 1. The number of aliphatic hydroxyl groups excluding tert-OH is 1. The van der Waals surface area contributed by atoms with E-state index in [0.29, 0.717) is 52.5 Å². The fourth-order valence-corrected chi connectivity index (χ4v) is 1.71. The van der Waals surface area contributed by atoms with Gasteiger partial charge >= 0.3 is 11.9 Å². The molecule has 0 radical (unpaired) electrons. The van der Waals surface area contributed by atoms with Gasteiger partial charge in [-0.15, -0.1) is 0 Å². The highest BCUT2D eigenvalue weighted by Crippen LogP contribution is 2.01. The van der Waals surface area contributed by atoms with Crippen LogP contribution < -0.4 is 0 Å². The summed E-state index contributed by atoms with van der Waals surface area (Å²) in [5.74, 6) is -1.16. The number of aliphatic hydroxyl groups is 1. The van der Waals surface area contributed by atoms with E-state index in [1.165, 1.54) is 0 Å². The molecule has 0 aromatic heterocycles. The molecule has 168 valence electrons. The lowest BCUT2D eigenvalue weighted by molar-refractivity contribution is -0.146. The van der Waals surface area contributed by atoms with Gasteiger partial charge in [-0.1, -0.05) is 13.3 Å². The van der Waals surface area contributed by atoms with Crippen LogP contribution in [0, 0.1) is 0 Å². The van der Waals surface area contributed by atoms with Gasteiger partial charge in [-0.25, -0.2) is 0 Å². The molecular weight excluding hydrogens is 372 g/mol. The lowest BCUT2D eigenvalue weighted by Crippen LogP contribution is -2.12. The molecule has 0 saturated heterocycles. The Bertz CT molecular complexity index is 329. The molecule has 0 aliphatic rings. The van der Waals surface area contributed by atoms with E-state index in [0.717, 1.165) is 19.4 Å². The normalized spacial score (nSPS) is 10.2. The topological polar surface area (TPSA) is 121 Å². The monoisotopic (exact) mass is 410 g/mol. The summed E-state index contributed by atoms with van der Waals surface area (Å²) in [6.45, 7) is 6.25. The largest absolute Gasteiger partial charge is 0.481 e. The van der Waals surface area contributed by atoms with Gasteiger partial charge in [-0.05, 0) is 19.3 Å². The summed E-state index contributed by atoms with van der Waals surface area (Å²) in [7, 11) is 1.58. The highest BCUT2D eigenvalue weighted by molar-refractivity contribution is 5.69. The molecule has 0 spiro atoms. The summed E-state index contributed by atoms with van der Waals surface area (Å²) in [4.78, 5) is 21.3. The summed E-state index contributed by atoms with van der Waals surface area (Å²) < 4.78 is 25.0. The predicted molar refractivity (Wildman–Crippen MR) is 103 cm³/mol. The zero-order valence-corrected chi connectivity index (χ0v) is 17.4. The predicted octanol–water partition coefficient (Wildman–Crippen LogP) is 1.65. The number of carboxylic acids is 1. The molecule has 0 heterocycles. The van der Waals surface area contributed by atoms with Gasteiger partial charge in [0, 0.05) is 26.6 Å². The van der Waals surface area contributed by atoms with E-state index in [1.54, 1.807) is 7.11 Å². The number of ether oxygens (including phenoxy) is 5. The quantitative estimate of drug-likeness (QED) is 0.242. The Kier molecular flexibility index (Phi) is 26.6. The van der Waals surface area contributed by atoms with Crippen LogP contribution in [0.25, 0.3) is 0 Å². The molecule has 0 atom stereocenters. The Morgan fingerprint density at radius 1 is 0.750 bits per heavy atom. The van der Waals surface area contributed by atoms with Crippen LogP contribution >= 0.6 is 0 Å². The molecule has 0 aliphatic heterocycles. The minimum Gasteiger partial charge on any atom is -0.481 e. The van der Waals surface area contributed by atoms with Gasteiger partial charge in [-0.2, -0.15) is 0 Å². The van der Waals surface area contributed by atoms with Crippen LogP contribution in [0.15, 0.2) is 0 Å². The number of rotatable bonds is 19. The Morgan fingerprint density at radius 3 is 1.93 bits per heavy atom. The van der Waals surface area contributed by atoms with Gasteiger partial charge in [0.05, 0.1) is 46.2 Å². The van der Waals surface area contributed by atoms with Gasteiger partial charge in [0.15, 0.2) is 0 Å². The van der Waals surface area contributed by atoms with Crippen LogP contribution in [-0.4, -0.2) is 88.7 Å². The molecule has 0 aromatic carbocycles. The zero-order chi connectivity index (χ0) is 21.3. The number of aliphatic carboxylic acids is 1. The Balaban J connectivity index is 0. The molecule has 0 aromatic rings. The molecule has 0 fully saturated rings. The molecule has 0 aliphatic carbocycles. The van der Waals surface area contributed by atoms with E-state index in [4.69, 9.17) is 33.9 Å². The zero-order valence-electron chi connectivity index (χ0n) is 17.4. The molecular formula is C19H38O9. The van der Waals surface area contributed by atoms with Crippen LogP contribution in [0.2, 0.25) is 0 Å². The summed E-state index contributed by atoms with van der Waals surface area (Å²) >= 11 is 0. The highest BCUT2D eigenvalue weighted by Gasteiger charge is 2.03. The van der Waals surface area contributed by atoms with Crippen molar-refractivity contribution in [2.24, 2.45) is 0 Å². The highest BCUT2D eigenvalue weighted by atomic mass is 16.6. The first-order valence-electron chi connectivity index (χ1n) is 9.78. The average molecular weight is 411 g/mol. The average Bonchev–Trinajstić information content (AvgIpc) is 2.68. The van der Waals surface area contributed by atoms with Gasteiger partial charge in [0.25, 0.3) is 0 Å². The van der Waals surface area contributed by atoms with Gasteiger partial charge in [0.1, 0.15) is 6.61 Å². The van der Waals surface area contributed by atoms with Crippen molar-refractivity contribution in [3.05, 3.63) is 0 Å². The third-order valence-corrected chi connectivity index (χ3v) is 3.19. The maximum Gasteiger partial charge on any atom is 0.305 e. The molecule has 9 nitrogen and oxygen atoms in total. The third kappa shape index (κ3) is 29.5. The summed E-state index contributed by atoms with van der Waals surface area (Å²) in [6.07, 6.45) is 3.65. The van der Waals surface area contributed by atoms with Gasteiger partial charge in [0.2, 0.25) is 0 Å². The van der Waals surface area contributed by atoms with Crippen molar-refractivity contribution in [2.75, 3.05) is 66.6 Å². The Labute approximate surface area is 168 Å². The smallest absolute Gasteiger partial charge is 0.305 e. The number of methoxy groups -OCH3 is 1. The fraction of sp³-hybridized carbons (Fsp3) is 0.895. The number of hydrogen-bond donors (Lipinski definition) is 2. The number of hydrogen-bond acceptors (Lipinski definition) is 8. The first-order chi connectivity index (χ1) is 13.6. The van der Waals surface area contributed by atoms with Crippen molar-refractivity contribution in [1.82, 2.24) is 0 Å². The minimum atomic E-state index is -0.843. The second kappa shape index (κ2) is 25.7. The van der Waals surface area contributed by atoms with Crippen molar-refractivity contribution in [3.63, 3.8) is 0 Å². The second-order valence-electron chi connectivity index (χ2n) is 5.73. The maximum absolute atomic E-state index is 11.1. The molecule has 0 rings (SSSR count). The van der Waals surface area contributed by atoms with Crippen molar-refractivity contribution in [3.8, 4) is 0 Å². The van der Waals surface area contributed by atoms with E-state index < -0.39 is 5.97 Å². The van der Waals surface area contributed by atoms with Crippen LogP contribution in [0.3, 0.4) is 0 Å². The number of carbonyl (C=O) groups is 2. The summed E-state index contributed by atoms with van der Waals surface area (Å²) in [5, 5.41) is 16.7. The Morgan fingerprint density at radius 2 is 1.32 bits per heavy atom. The first kappa shape index (κ1) is 28.9. The van der Waals surface area contributed by atoms with E-state index in [9.17, 15) is 9.59 Å².